The van der Waals surface area contributed by atoms with Gasteiger partial charge in [-0.2, -0.15) is 0 Å². The summed E-state index contributed by atoms with van der Waals surface area (Å²) in [6.45, 7) is 1.47. The average molecular weight is 471 g/mol. The van der Waals surface area contributed by atoms with E-state index in [1.54, 1.807) is 17.6 Å². The smallest absolute Gasteiger partial charge is 0.229 e. The lowest BCUT2D eigenvalue weighted by Gasteiger charge is -2.32. The van der Waals surface area contributed by atoms with Crippen LogP contribution < -0.4 is 10.2 Å². The monoisotopic (exact) mass is 470 g/mol. The predicted molar refractivity (Wildman–Crippen MR) is 132 cm³/mol. The van der Waals surface area contributed by atoms with Gasteiger partial charge in [-0.15, -0.1) is 21.5 Å². The highest BCUT2D eigenvalue weighted by atomic mass is 32.1. The van der Waals surface area contributed by atoms with E-state index in [1.807, 2.05) is 70.7 Å². The quantitative estimate of drug-likeness (QED) is 0.390. The van der Waals surface area contributed by atoms with Gasteiger partial charge in [0.15, 0.2) is 16.5 Å². The Labute approximate surface area is 199 Å². The van der Waals surface area contributed by atoms with Gasteiger partial charge in [-0.1, -0.05) is 12.1 Å². The molecule has 0 saturated carbocycles. The van der Waals surface area contributed by atoms with E-state index in [-0.39, 0.29) is 11.8 Å². The number of amides is 1. The van der Waals surface area contributed by atoms with Gasteiger partial charge in [-0.05, 0) is 49.2 Å². The Morgan fingerprint density at radius 2 is 2.00 bits per heavy atom. The lowest BCUT2D eigenvalue weighted by atomic mass is 9.97. The number of anilines is 2. The Morgan fingerprint density at radius 3 is 2.76 bits per heavy atom. The summed E-state index contributed by atoms with van der Waals surface area (Å²) in [6, 6.07) is 15.4. The first-order chi connectivity index (χ1) is 16.7. The molecule has 1 atom stereocenters. The van der Waals surface area contributed by atoms with Crippen molar-refractivity contribution < 1.29 is 9.21 Å². The number of thiazole rings is 1. The van der Waals surface area contributed by atoms with E-state index < -0.39 is 0 Å². The van der Waals surface area contributed by atoms with Crippen molar-refractivity contribution in [3.8, 4) is 22.7 Å². The highest BCUT2D eigenvalue weighted by molar-refractivity contribution is 7.15. The van der Waals surface area contributed by atoms with Gasteiger partial charge in [-0.25, -0.2) is 4.98 Å². The lowest BCUT2D eigenvalue weighted by Crippen LogP contribution is -2.41. The molecule has 34 heavy (non-hydrogen) atoms. The number of nitrogens with one attached hydrogen (secondary N) is 1. The zero-order valence-electron chi connectivity index (χ0n) is 18.3. The minimum Gasteiger partial charge on any atom is -0.463 e. The molecule has 6 rings (SSSR count). The lowest BCUT2D eigenvalue weighted by molar-refractivity contribution is -0.120. The number of piperidine rings is 1. The number of fused-ring (bicyclic) bond motifs is 1. The normalized spacial score (nSPS) is 16.1. The molecule has 8 nitrogen and oxygen atoms in total. The number of imidazole rings is 1. The molecule has 1 unspecified atom stereocenters. The second-order valence-electron chi connectivity index (χ2n) is 8.32. The van der Waals surface area contributed by atoms with Gasteiger partial charge in [0.1, 0.15) is 5.69 Å². The average Bonchev–Trinajstić information content (AvgIpc) is 3.63. The molecule has 9 heteroatoms. The summed E-state index contributed by atoms with van der Waals surface area (Å²) in [5.41, 5.74) is 3.43. The molecule has 1 aromatic carbocycles. The molecular weight excluding hydrogens is 448 g/mol. The Bertz CT molecular complexity index is 1380. The highest BCUT2D eigenvalue weighted by Gasteiger charge is 2.27. The summed E-state index contributed by atoms with van der Waals surface area (Å²) < 4.78 is 7.39. The van der Waals surface area contributed by atoms with Crippen LogP contribution in [0.3, 0.4) is 0 Å². The number of nitrogens with zero attached hydrogens (tertiary/aromatic N) is 5. The first kappa shape index (κ1) is 20.6. The van der Waals surface area contributed by atoms with Crippen molar-refractivity contribution in [2.45, 2.75) is 12.8 Å². The number of rotatable bonds is 5. The first-order valence-electron chi connectivity index (χ1n) is 11.2. The van der Waals surface area contributed by atoms with E-state index in [9.17, 15) is 4.79 Å². The van der Waals surface area contributed by atoms with E-state index in [4.69, 9.17) is 4.42 Å². The summed E-state index contributed by atoms with van der Waals surface area (Å²) in [5.74, 6) is 1.38. The topological polar surface area (TPSA) is 88.6 Å². The summed E-state index contributed by atoms with van der Waals surface area (Å²) in [6.07, 6.45) is 7.41. The van der Waals surface area contributed by atoms with E-state index in [0.29, 0.717) is 18.0 Å². The number of benzene rings is 1. The van der Waals surface area contributed by atoms with Crippen LogP contribution in [0.25, 0.3) is 27.7 Å². The fourth-order valence-corrected chi connectivity index (χ4v) is 4.98. The maximum atomic E-state index is 13.0. The molecule has 0 spiro atoms. The molecule has 1 N–H and O–H groups in total. The zero-order valence-corrected chi connectivity index (χ0v) is 19.1. The summed E-state index contributed by atoms with van der Waals surface area (Å²) >= 11 is 1.61. The number of hydrogen-bond acceptors (Lipinski definition) is 7. The molecule has 4 aromatic heterocycles. The third-order valence-corrected chi connectivity index (χ3v) is 6.85. The second-order valence-corrected chi connectivity index (χ2v) is 9.20. The third kappa shape index (κ3) is 4.06. The van der Waals surface area contributed by atoms with Crippen LogP contribution in [-0.2, 0) is 4.79 Å². The van der Waals surface area contributed by atoms with Crippen LogP contribution in [0, 0.1) is 5.92 Å². The molecule has 5 aromatic rings. The van der Waals surface area contributed by atoms with Gasteiger partial charge in [0.25, 0.3) is 0 Å². The molecule has 0 aliphatic carbocycles. The van der Waals surface area contributed by atoms with Crippen molar-refractivity contribution in [3.63, 3.8) is 0 Å². The molecule has 1 amide bonds. The van der Waals surface area contributed by atoms with Crippen molar-refractivity contribution in [1.82, 2.24) is 19.6 Å². The van der Waals surface area contributed by atoms with Crippen LogP contribution >= 0.6 is 11.3 Å². The van der Waals surface area contributed by atoms with Gasteiger partial charge in [0, 0.05) is 42.1 Å². The van der Waals surface area contributed by atoms with Gasteiger partial charge in [0.2, 0.25) is 5.91 Å². The van der Waals surface area contributed by atoms with Gasteiger partial charge >= 0.3 is 0 Å². The maximum Gasteiger partial charge on any atom is 0.229 e. The van der Waals surface area contributed by atoms with Gasteiger partial charge < -0.3 is 14.6 Å². The Balaban J connectivity index is 1.10. The number of carbonyl (C=O) groups is 1. The van der Waals surface area contributed by atoms with Crippen LogP contribution in [0.15, 0.2) is 77.0 Å². The van der Waals surface area contributed by atoms with E-state index in [0.717, 1.165) is 47.1 Å². The molecule has 0 bridgehead atoms. The molecule has 1 saturated heterocycles. The largest absolute Gasteiger partial charge is 0.463 e. The first-order valence-corrected chi connectivity index (χ1v) is 12.1. The molecule has 170 valence electrons. The van der Waals surface area contributed by atoms with Crippen LogP contribution in [0.4, 0.5) is 11.5 Å². The summed E-state index contributed by atoms with van der Waals surface area (Å²) in [4.78, 5) is 20.7. The summed E-state index contributed by atoms with van der Waals surface area (Å²) in [7, 11) is 0. The Morgan fingerprint density at radius 1 is 1.09 bits per heavy atom. The fraction of sp³-hybridized carbons (Fsp3) is 0.200. The van der Waals surface area contributed by atoms with E-state index in [1.165, 1.54) is 0 Å². The van der Waals surface area contributed by atoms with Crippen LogP contribution in [0.1, 0.15) is 12.8 Å². The van der Waals surface area contributed by atoms with Crippen molar-refractivity contribution in [2.24, 2.45) is 5.92 Å². The Kier molecular flexibility index (Phi) is 5.31. The minimum absolute atomic E-state index is 0.0279. The van der Waals surface area contributed by atoms with E-state index in [2.05, 4.69) is 25.4 Å². The third-order valence-electron chi connectivity index (χ3n) is 6.08. The van der Waals surface area contributed by atoms with Gasteiger partial charge in [-0.3, -0.25) is 9.20 Å². The van der Waals surface area contributed by atoms with Crippen LogP contribution in [-0.4, -0.2) is 38.6 Å². The summed E-state index contributed by atoms with van der Waals surface area (Å²) in [5, 5.41) is 13.7. The highest BCUT2D eigenvalue weighted by Crippen LogP contribution is 2.26. The number of aromatic nitrogens is 4. The molecule has 5 heterocycles. The predicted octanol–water partition coefficient (Wildman–Crippen LogP) is 4.97. The zero-order chi connectivity index (χ0) is 22.9. The Hall–Kier alpha value is -3.98. The van der Waals surface area contributed by atoms with Gasteiger partial charge in [0.05, 0.1) is 17.9 Å². The van der Waals surface area contributed by atoms with Crippen molar-refractivity contribution in [2.75, 3.05) is 23.3 Å². The molecule has 1 aliphatic heterocycles. The second kappa shape index (κ2) is 8.75. The number of carbonyl (C=O) groups excluding carboxylic acids is 1. The molecular formula is C25H22N6O2S. The van der Waals surface area contributed by atoms with Crippen LogP contribution in [0.2, 0.25) is 0 Å². The van der Waals surface area contributed by atoms with Crippen molar-refractivity contribution in [1.29, 1.82) is 0 Å². The van der Waals surface area contributed by atoms with E-state index >= 15 is 0 Å². The van der Waals surface area contributed by atoms with Crippen molar-refractivity contribution in [3.05, 3.63) is 72.6 Å². The molecule has 1 fully saturated rings. The fourth-order valence-electron chi connectivity index (χ4n) is 4.28. The molecule has 1 aliphatic rings. The minimum atomic E-state index is -0.111. The number of hydrogen-bond donors (Lipinski definition) is 1. The maximum absolute atomic E-state index is 13.0. The standard InChI is InChI=1S/C25H22N6O2S/c32-24(26-19-7-5-17(6-8-19)21-16-31-12-14-34-25(31)27-21)18-3-1-11-30(15-18)23-10-9-20(28-29-23)22-4-2-13-33-22/h2,4-10,12-14,16,18H,1,3,11,15H2,(H,26,32). The van der Waals surface area contributed by atoms with Crippen molar-refractivity contribution >= 4 is 33.7 Å². The number of furan rings is 1. The molecule has 0 radical (unpaired) electrons. The van der Waals surface area contributed by atoms with Crippen LogP contribution in [0.5, 0.6) is 0 Å². The SMILES string of the molecule is O=C(Nc1ccc(-c2cn3ccsc3n2)cc1)C1CCCN(c2ccc(-c3ccco3)nn2)C1.